The van der Waals surface area contributed by atoms with E-state index in [1.54, 1.807) is 34.0 Å². The molecular formula is C39H68N12O14S3. The monoisotopic (exact) mass is 1020 g/mol. The van der Waals surface area contributed by atoms with Gasteiger partial charge in [-0.2, -0.15) is 37.0 Å². The SMILES string of the molecule is CSCC[C@H](NC(=O)[C@H](CCCN=C(N)N)NC(=O)CNC(=O)[C@@H](CC(=O)O)NC(=O)[C@H](CC(C)C)NC(=O)[C@@H](NC(=O)[C@@H](N)CS)C(C)C)C(=O)N[C@@H](CCC(=O)O)C(=O)N[C@@H](CS)C(=O)O. The van der Waals surface area contributed by atoms with E-state index in [-0.39, 0.29) is 61.4 Å². The number of hydrogen-bond donors (Lipinski definition) is 16. The van der Waals surface area contributed by atoms with Gasteiger partial charge < -0.3 is 75.1 Å². The molecule has 0 aromatic heterocycles. The Bertz CT molecular complexity index is 1790. The number of aliphatic imine (C=N–C) groups is 1. The van der Waals surface area contributed by atoms with Gasteiger partial charge in [0.1, 0.15) is 42.3 Å². The number of carboxylic acids is 3. The summed E-state index contributed by atoms with van der Waals surface area (Å²) in [6.07, 6.45) is -0.391. The van der Waals surface area contributed by atoms with E-state index >= 15 is 0 Å². The lowest BCUT2D eigenvalue weighted by Gasteiger charge is -2.28. The molecule has 0 heterocycles. The van der Waals surface area contributed by atoms with Gasteiger partial charge in [0, 0.05) is 24.5 Å². The van der Waals surface area contributed by atoms with Gasteiger partial charge in [0.15, 0.2) is 5.96 Å². The number of thiol groups is 2. The maximum Gasteiger partial charge on any atom is 0.327 e. The normalized spacial score (nSPS) is 14.5. The fourth-order valence-corrected chi connectivity index (χ4v) is 6.74. The Morgan fingerprint density at radius 1 is 0.603 bits per heavy atom. The molecular weight excluding hydrogens is 957 g/mol. The van der Waals surface area contributed by atoms with Gasteiger partial charge in [-0.1, -0.05) is 27.7 Å². The standard InChI is InChI=1S/C39H68N12O14S3/c1-18(2)13-24(49-37(63)30(19(3)4)51-31(57)20(40)16-66)36(62)48-25(14-29(55)56)32(58)44-15-27(52)45-21(7-6-11-43-39(41)42)33(59)47-23(10-12-68-5)35(61)46-22(8-9-28(53)54)34(60)50-26(17-67)38(64)65/h18-26,30,66-67H,6-17,40H2,1-5H3,(H,44,58)(H,45,52)(H,46,61)(H,47,59)(H,48,62)(H,49,63)(H,50,60)(H,51,57)(H,53,54)(H,55,56)(H,64,65)(H4,41,42,43)/t20-,21-,22-,23-,24-,25+,26-,30-/m0/s1. The number of carbonyl (C=O) groups excluding carboxylic acids is 8. The lowest BCUT2D eigenvalue weighted by Crippen LogP contribution is -2.59. The molecule has 8 atom stereocenters. The highest BCUT2D eigenvalue weighted by Crippen LogP contribution is 2.11. The van der Waals surface area contributed by atoms with Crippen molar-refractivity contribution in [3.63, 3.8) is 0 Å². The minimum atomic E-state index is -1.78. The maximum absolute atomic E-state index is 13.8. The van der Waals surface area contributed by atoms with Crippen LogP contribution in [0.3, 0.4) is 0 Å². The third-order valence-corrected chi connectivity index (χ3v) is 10.9. The number of thioether (sulfide) groups is 1. The summed E-state index contributed by atoms with van der Waals surface area (Å²) in [6.45, 7) is 5.88. The van der Waals surface area contributed by atoms with Crippen LogP contribution in [0.1, 0.15) is 72.6 Å². The summed E-state index contributed by atoms with van der Waals surface area (Å²) in [4.78, 5) is 145. The Labute approximate surface area is 409 Å². The number of nitrogens with two attached hydrogens (primary N) is 3. The quantitative estimate of drug-likeness (QED) is 0.0125. The van der Waals surface area contributed by atoms with E-state index in [2.05, 4.69) is 72.8 Å². The van der Waals surface area contributed by atoms with E-state index in [0.29, 0.717) is 0 Å². The Balaban J connectivity index is 6.35. The number of aliphatic carboxylic acids is 3. The number of nitrogens with zero attached hydrogens (tertiary/aromatic N) is 1. The molecule has 386 valence electrons. The van der Waals surface area contributed by atoms with Crippen molar-refractivity contribution < 1.29 is 68.1 Å². The number of carbonyl (C=O) groups is 11. The first-order valence-electron chi connectivity index (χ1n) is 21.3. The average Bonchev–Trinajstić information content (AvgIpc) is 3.25. The highest BCUT2D eigenvalue weighted by atomic mass is 32.2. The second kappa shape index (κ2) is 33.0. The predicted octanol–water partition coefficient (Wildman–Crippen LogP) is -4.38. The molecule has 0 fully saturated rings. The highest BCUT2D eigenvalue weighted by molar-refractivity contribution is 7.98. The molecule has 0 unspecified atom stereocenters. The second-order valence-electron chi connectivity index (χ2n) is 16.1. The van der Waals surface area contributed by atoms with Crippen LogP contribution in [0.5, 0.6) is 0 Å². The van der Waals surface area contributed by atoms with Gasteiger partial charge in [-0.15, -0.1) is 0 Å². The Hall–Kier alpha value is -5.55. The first-order chi connectivity index (χ1) is 31.8. The van der Waals surface area contributed by atoms with Crippen molar-refractivity contribution in [2.75, 3.05) is 36.6 Å². The largest absolute Gasteiger partial charge is 0.481 e. The number of carboxylic acid groups (broad SMARTS) is 3. The molecule has 0 radical (unpaired) electrons. The van der Waals surface area contributed by atoms with Crippen molar-refractivity contribution in [1.82, 2.24) is 42.5 Å². The smallest absolute Gasteiger partial charge is 0.327 e. The van der Waals surface area contributed by atoms with Gasteiger partial charge in [0.2, 0.25) is 47.3 Å². The minimum Gasteiger partial charge on any atom is -0.481 e. The van der Waals surface area contributed by atoms with Gasteiger partial charge >= 0.3 is 17.9 Å². The highest BCUT2D eigenvalue weighted by Gasteiger charge is 2.34. The number of nitrogens with one attached hydrogen (secondary N) is 8. The van der Waals surface area contributed by atoms with Gasteiger partial charge in [-0.25, -0.2) is 4.79 Å². The van der Waals surface area contributed by atoms with Crippen LogP contribution < -0.4 is 59.7 Å². The molecule has 17 N–H and O–H groups in total. The minimum absolute atomic E-state index is 0.00901. The van der Waals surface area contributed by atoms with Gasteiger partial charge in [-0.3, -0.25) is 52.9 Å². The molecule has 0 saturated heterocycles. The topological polar surface area (TPSA) is 435 Å². The van der Waals surface area contributed by atoms with Gasteiger partial charge in [-0.05, 0) is 55.9 Å². The van der Waals surface area contributed by atoms with Crippen LogP contribution in [-0.4, -0.2) is 171 Å². The zero-order chi connectivity index (χ0) is 52.3. The molecule has 29 heteroatoms. The number of rotatable bonds is 34. The first kappa shape index (κ1) is 62.4. The third-order valence-electron chi connectivity index (χ3n) is 9.47. The zero-order valence-corrected chi connectivity index (χ0v) is 41.2. The van der Waals surface area contributed by atoms with Crippen LogP contribution in [0.15, 0.2) is 4.99 Å². The maximum atomic E-state index is 13.8. The molecule has 0 aliphatic heterocycles. The third kappa shape index (κ3) is 25.5. The van der Waals surface area contributed by atoms with Gasteiger partial charge in [0.25, 0.3) is 0 Å². The Morgan fingerprint density at radius 2 is 1.12 bits per heavy atom. The lowest BCUT2D eigenvalue weighted by atomic mass is 9.99. The van der Waals surface area contributed by atoms with Crippen molar-refractivity contribution in [3.8, 4) is 0 Å². The zero-order valence-electron chi connectivity index (χ0n) is 38.6. The first-order valence-corrected chi connectivity index (χ1v) is 24.0. The number of amides is 8. The van der Waals surface area contributed by atoms with Crippen molar-refractivity contribution in [2.24, 2.45) is 34.0 Å². The molecule has 68 heavy (non-hydrogen) atoms. The summed E-state index contributed by atoms with van der Waals surface area (Å²) in [5, 5.41) is 47.3. The number of guanidine groups is 1. The lowest BCUT2D eigenvalue weighted by molar-refractivity contribution is -0.142. The van der Waals surface area contributed by atoms with Crippen LogP contribution in [-0.2, 0) is 52.7 Å². The summed E-state index contributed by atoms with van der Waals surface area (Å²) >= 11 is 9.17. The van der Waals surface area contributed by atoms with E-state index in [1.807, 2.05) is 0 Å². The van der Waals surface area contributed by atoms with Crippen molar-refractivity contribution in [3.05, 3.63) is 0 Å². The average molecular weight is 1030 g/mol. The molecule has 0 aliphatic carbocycles. The molecule has 0 aromatic carbocycles. The van der Waals surface area contributed by atoms with Gasteiger partial charge in [0.05, 0.1) is 19.0 Å². The van der Waals surface area contributed by atoms with Crippen LogP contribution in [0.2, 0.25) is 0 Å². The molecule has 0 aliphatic rings. The number of hydrogen-bond acceptors (Lipinski definition) is 16. The summed E-state index contributed by atoms with van der Waals surface area (Å²) in [7, 11) is 0. The van der Waals surface area contributed by atoms with Crippen molar-refractivity contribution in [2.45, 2.75) is 121 Å². The van der Waals surface area contributed by atoms with E-state index in [1.165, 1.54) is 11.8 Å². The van der Waals surface area contributed by atoms with E-state index in [4.69, 9.17) is 17.2 Å². The van der Waals surface area contributed by atoms with Crippen LogP contribution >= 0.6 is 37.0 Å². The van der Waals surface area contributed by atoms with Crippen molar-refractivity contribution >= 4 is 108 Å². The van der Waals surface area contributed by atoms with Crippen molar-refractivity contribution in [1.29, 1.82) is 0 Å². The molecule has 26 nitrogen and oxygen atoms in total. The summed E-state index contributed by atoms with van der Waals surface area (Å²) in [5.41, 5.74) is 16.5. The van der Waals surface area contributed by atoms with E-state index in [0.717, 1.165) is 0 Å². The molecule has 0 rings (SSSR count). The molecule has 0 spiro atoms. The summed E-state index contributed by atoms with van der Waals surface area (Å²) in [5.74, 6) is -12.7. The Morgan fingerprint density at radius 3 is 1.59 bits per heavy atom. The molecule has 0 bridgehead atoms. The van der Waals surface area contributed by atoms with E-state index < -0.39 is 145 Å². The predicted molar refractivity (Wildman–Crippen MR) is 256 cm³/mol. The Kier molecular flexibility index (Phi) is 30.3. The van der Waals surface area contributed by atoms with Crippen LogP contribution in [0.4, 0.5) is 0 Å². The molecule has 0 aromatic rings. The molecule has 8 amide bonds. The van der Waals surface area contributed by atoms with Crippen LogP contribution in [0.25, 0.3) is 0 Å². The second-order valence-corrected chi connectivity index (χ2v) is 17.8. The fourth-order valence-electron chi connectivity index (χ4n) is 5.85. The summed E-state index contributed by atoms with van der Waals surface area (Å²) in [6, 6.07) is -11.1. The molecule has 0 saturated carbocycles. The summed E-state index contributed by atoms with van der Waals surface area (Å²) < 4.78 is 0. The van der Waals surface area contributed by atoms with Crippen LogP contribution in [0, 0.1) is 11.8 Å². The fraction of sp³-hybridized carbons (Fsp3) is 0.692. The van der Waals surface area contributed by atoms with E-state index in [9.17, 15) is 68.1 Å².